The van der Waals surface area contributed by atoms with Crippen molar-refractivity contribution < 1.29 is 0 Å². The summed E-state index contributed by atoms with van der Waals surface area (Å²) in [5.41, 5.74) is 9.26. The third-order valence-electron chi connectivity index (χ3n) is 7.89. The molecule has 194 valence electrons. The van der Waals surface area contributed by atoms with Gasteiger partial charge in [0.2, 0.25) is 0 Å². The van der Waals surface area contributed by atoms with Gasteiger partial charge in [-0.2, -0.15) is 0 Å². The summed E-state index contributed by atoms with van der Waals surface area (Å²) in [6.45, 7) is 0. The maximum Gasteiger partial charge on any atom is 0.0788 e. The van der Waals surface area contributed by atoms with E-state index in [-0.39, 0.29) is 0 Å². The number of aromatic nitrogens is 2. The summed E-state index contributed by atoms with van der Waals surface area (Å²) in [5, 5.41) is 3.73. The number of anilines is 3. The first-order chi connectivity index (χ1) is 20.4. The molecule has 0 atom stereocenters. The summed E-state index contributed by atoms with van der Waals surface area (Å²) in [7, 11) is 0. The number of nitrogens with zero attached hydrogens (tertiary/aromatic N) is 3. The number of rotatable bonds is 5. The first-order valence-electron chi connectivity index (χ1n) is 14.0. The first-order valence-corrected chi connectivity index (χ1v) is 14.0. The zero-order valence-corrected chi connectivity index (χ0v) is 22.4. The molecule has 3 nitrogen and oxygen atoms in total. The molecule has 6 aromatic carbocycles. The fraction of sp³-hybridized carbons (Fsp3) is 0. The van der Waals surface area contributed by atoms with Crippen molar-refractivity contribution in [3.63, 3.8) is 0 Å². The molecule has 8 aromatic rings. The number of fused-ring (bicyclic) bond motifs is 5. The number of hydrogen-bond acceptors (Lipinski definition) is 1. The molecule has 2 heterocycles. The summed E-state index contributed by atoms with van der Waals surface area (Å²) in [6.07, 6.45) is 2.20. The highest BCUT2D eigenvalue weighted by atomic mass is 15.1. The van der Waals surface area contributed by atoms with Crippen LogP contribution in [-0.4, -0.2) is 9.13 Å². The molecule has 8 rings (SSSR count). The Morgan fingerprint density at radius 1 is 0.415 bits per heavy atom. The van der Waals surface area contributed by atoms with Crippen molar-refractivity contribution in [2.24, 2.45) is 0 Å². The summed E-state index contributed by atoms with van der Waals surface area (Å²) < 4.78 is 4.75. The maximum absolute atomic E-state index is 2.41. The van der Waals surface area contributed by atoms with Crippen LogP contribution >= 0.6 is 0 Å². The summed E-state index contributed by atoms with van der Waals surface area (Å²) in [5.74, 6) is 0. The van der Waals surface area contributed by atoms with Crippen molar-refractivity contribution >= 4 is 49.8 Å². The molecule has 0 N–H and O–H groups in total. The van der Waals surface area contributed by atoms with E-state index in [1.54, 1.807) is 0 Å². The van der Waals surface area contributed by atoms with E-state index in [4.69, 9.17) is 0 Å². The molecule has 2 aromatic heterocycles. The van der Waals surface area contributed by atoms with E-state index in [0.717, 1.165) is 28.4 Å². The van der Waals surface area contributed by atoms with Crippen molar-refractivity contribution in [3.8, 4) is 11.4 Å². The normalized spacial score (nSPS) is 11.4. The second-order valence-corrected chi connectivity index (χ2v) is 10.3. The Labute approximate surface area is 238 Å². The van der Waals surface area contributed by atoms with Crippen molar-refractivity contribution in [2.75, 3.05) is 4.90 Å². The molecule has 0 bridgehead atoms. The van der Waals surface area contributed by atoms with Gasteiger partial charge in [-0.15, -0.1) is 0 Å². The SMILES string of the molecule is c1ccc(N(c2ccccc2)c2cccc(-n3ccc4ccc5c6ccccc6n(-c6ccccc6)c5c43)c2)cc1. The van der Waals surface area contributed by atoms with Gasteiger partial charge in [-0.25, -0.2) is 0 Å². The lowest BCUT2D eigenvalue weighted by Gasteiger charge is -2.26. The van der Waals surface area contributed by atoms with Gasteiger partial charge in [0.05, 0.1) is 16.6 Å². The van der Waals surface area contributed by atoms with Crippen LogP contribution in [0.4, 0.5) is 17.1 Å². The molecule has 0 spiro atoms. The standard InChI is InChI=1S/C38H27N3/c1-4-13-29(14-5-1)40(30-15-6-2-7-16-30)33-20-12-19-32(27-33)39-26-25-28-23-24-35-34-21-10-11-22-36(34)41(38(35)37(28)39)31-17-8-3-9-18-31/h1-27H. The highest BCUT2D eigenvalue weighted by Gasteiger charge is 2.18. The van der Waals surface area contributed by atoms with Gasteiger partial charge in [-0.3, -0.25) is 0 Å². The molecule has 0 aliphatic heterocycles. The lowest BCUT2D eigenvalue weighted by molar-refractivity contribution is 1.11. The Morgan fingerprint density at radius 3 is 1.76 bits per heavy atom. The van der Waals surface area contributed by atoms with E-state index in [2.05, 4.69) is 178 Å². The zero-order valence-electron chi connectivity index (χ0n) is 22.4. The van der Waals surface area contributed by atoms with Gasteiger partial charge in [0.1, 0.15) is 0 Å². The van der Waals surface area contributed by atoms with Crippen LogP contribution in [0, 0.1) is 0 Å². The Bertz CT molecular complexity index is 2100. The van der Waals surface area contributed by atoms with Gasteiger partial charge < -0.3 is 14.0 Å². The Morgan fingerprint density at radius 2 is 1.02 bits per heavy atom. The summed E-state index contributed by atoms with van der Waals surface area (Å²) in [4.78, 5) is 2.31. The van der Waals surface area contributed by atoms with Crippen LogP contribution < -0.4 is 4.90 Å². The van der Waals surface area contributed by atoms with E-state index in [1.807, 2.05) is 0 Å². The van der Waals surface area contributed by atoms with E-state index in [9.17, 15) is 0 Å². The van der Waals surface area contributed by atoms with Gasteiger partial charge in [0, 0.05) is 50.8 Å². The smallest absolute Gasteiger partial charge is 0.0788 e. The van der Waals surface area contributed by atoms with Crippen LogP contribution in [0.1, 0.15) is 0 Å². The van der Waals surface area contributed by atoms with Crippen LogP contribution in [-0.2, 0) is 0 Å². The van der Waals surface area contributed by atoms with Crippen molar-refractivity contribution in [2.45, 2.75) is 0 Å². The fourth-order valence-electron chi connectivity index (χ4n) is 6.12. The van der Waals surface area contributed by atoms with E-state index >= 15 is 0 Å². The van der Waals surface area contributed by atoms with Crippen molar-refractivity contribution in [1.82, 2.24) is 9.13 Å². The third kappa shape index (κ3) is 3.82. The first kappa shape index (κ1) is 23.4. The molecule has 0 saturated carbocycles. The molecule has 0 aliphatic carbocycles. The van der Waals surface area contributed by atoms with E-state index in [0.29, 0.717) is 0 Å². The molecule has 3 heteroatoms. The number of para-hydroxylation sites is 4. The summed E-state index contributed by atoms with van der Waals surface area (Å²) >= 11 is 0. The molecule has 0 amide bonds. The molecule has 0 aliphatic rings. The van der Waals surface area contributed by atoms with Gasteiger partial charge in [0.25, 0.3) is 0 Å². The molecular formula is C38H27N3. The predicted molar refractivity (Wildman–Crippen MR) is 172 cm³/mol. The van der Waals surface area contributed by atoms with Crippen LogP contribution in [0.3, 0.4) is 0 Å². The molecular weight excluding hydrogens is 498 g/mol. The minimum atomic E-state index is 1.11. The van der Waals surface area contributed by atoms with Crippen molar-refractivity contribution in [3.05, 3.63) is 164 Å². The monoisotopic (exact) mass is 525 g/mol. The topological polar surface area (TPSA) is 13.1 Å². The Balaban J connectivity index is 1.39. The minimum absolute atomic E-state index is 1.11. The average Bonchev–Trinajstić information content (AvgIpc) is 3.62. The molecule has 0 fully saturated rings. The number of hydrogen-bond donors (Lipinski definition) is 0. The molecule has 0 unspecified atom stereocenters. The summed E-state index contributed by atoms with van der Waals surface area (Å²) in [6, 6.07) is 56.1. The Kier molecular flexibility index (Phi) is 5.46. The van der Waals surface area contributed by atoms with Gasteiger partial charge >= 0.3 is 0 Å². The van der Waals surface area contributed by atoms with Crippen molar-refractivity contribution in [1.29, 1.82) is 0 Å². The Hall–Kier alpha value is -5.54. The van der Waals surface area contributed by atoms with Gasteiger partial charge in [0.15, 0.2) is 0 Å². The lowest BCUT2D eigenvalue weighted by atomic mass is 10.1. The third-order valence-corrected chi connectivity index (χ3v) is 7.89. The van der Waals surface area contributed by atoms with Crippen LogP contribution in [0.2, 0.25) is 0 Å². The van der Waals surface area contributed by atoms with E-state index < -0.39 is 0 Å². The largest absolute Gasteiger partial charge is 0.315 e. The highest BCUT2D eigenvalue weighted by molar-refractivity contribution is 6.18. The second-order valence-electron chi connectivity index (χ2n) is 10.3. The van der Waals surface area contributed by atoms with E-state index in [1.165, 1.54) is 32.7 Å². The minimum Gasteiger partial charge on any atom is -0.315 e. The lowest BCUT2D eigenvalue weighted by Crippen LogP contribution is -2.10. The second kappa shape index (κ2) is 9.58. The quantitative estimate of drug-likeness (QED) is 0.218. The van der Waals surface area contributed by atoms with Gasteiger partial charge in [-0.1, -0.05) is 91.0 Å². The number of benzene rings is 6. The van der Waals surface area contributed by atoms with Crippen LogP contribution in [0.5, 0.6) is 0 Å². The molecule has 0 radical (unpaired) electrons. The fourth-order valence-corrected chi connectivity index (χ4v) is 6.12. The zero-order chi connectivity index (χ0) is 27.2. The molecule has 41 heavy (non-hydrogen) atoms. The van der Waals surface area contributed by atoms with Crippen LogP contribution in [0.25, 0.3) is 44.1 Å². The highest BCUT2D eigenvalue weighted by Crippen LogP contribution is 2.39. The maximum atomic E-state index is 2.41. The average molecular weight is 526 g/mol. The molecule has 0 saturated heterocycles. The van der Waals surface area contributed by atoms with Gasteiger partial charge in [-0.05, 0) is 66.7 Å². The van der Waals surface area contributed by atoms with Crippen LogP contribution in [0.15, 0.2) is 164 Å². The predicted octanol–water partition coefficient (Wildman–Crippen LogP) is 10.2.